The molecule has 2 rings (SSSR count). The molecule has 0 radical (unpaired) electrons. The van der Waals surface area contributed by atoms with Gasteiger partial charge in [-0.05, 0) is 31.0 Å². The zero-order valence-corrected chi connectivity index (χ0v) is 12.6. The highest BCUT2D eigenvalue weighted by Crippen LogP contribution is 2.31. The number of hydrogen-bond acceptors (Lipinski definition) is 4. The van der Waals surface area contributed by atoms with Crippen LogP contribution in [0.15, 0.2) is 18.2 Å². The van der Waals surface area contributed by atoms with Crippen molar-refractivity contribution in [3.8, 4) is 0 Å². The average Bonchev–Trinajstić information content (AvgIpc) is 2.53. The standard InChI is InChI=1S/C16H25N3O2/c1-18-16(21)12-7-8-14(17)15(11-12)19(9-10-20)13-5-3-2-4-6-13/h7-8,11,13,20H,2-6,9-10,17H2,1H3,(H,18,21). The van der Waals surface area contributed by atoms with Gasteiger partial charge in [0.05, 0.1) is 18.0 Å². The van der Waals surface area contributed by atoms with E-state index in [0.717, 1.165) is 18.5 Å². The summed E-state index contributed by atoms with van der Waals surface area (Å²) in [5.41, 5.74) is 8.22. The molecular weight excluding hydrogens is 266 g/mol. The molecule has 5 nitrogen and oxygen atoms in total. The topological polar surface area (TPSA) is 78.6 Å². The lowest BCUT2D eigenvalue weighted by Gasteiger charge is -2.36. The lowest BCUT2D eigenvalue weighted by Crippen LogP contribution is -2.39. The summed E-state index contributed by atoms with van der Waals surface area (Å²) >= 11 is 0. The van der Waals surface area contributed by atoms with Gasteiger partial charge in [0, 0.05) is 25.2 Å². The third kappa shape index (κ3) is 3.67. The fourth-order valence-corrected chi connectivity index (χ4v) is 3.08. The number of aliphatic hydroxyl groups excluding tert-OH is 1. The lowest BCUT2D eigenvalue weighted by molar-refractivity contribution is 0.0963. The Bertz CT molecular complexity index is 484. The molecule has 4 N–H and O–H groups in total. The lowest BCUT2D eigenvalue weighted by atomic mass is 9.93. The van der Waals surface area contributed by atoms with Crippen molar-refractivity contribution in [2.24, 2.45) is 0 Å². The fourth-order valence-electron chi connectivity index (χ4n) is 3.08. The Balaban J connectivity index is 2.31. The molecule has 0 spiro atoms. The van der Waals surface area contributed by atoms with E-state index in [1.807, 2.05) is 6.07 Å². The molecule has 0 saturated heterocycles. The first-order chi connectivity index (χ1) is 10.2. The summed E-state index contributed by atoms with van der Waals surface area (Å²) in [4.78, 5) is 14.0. The van der Waals surface area contributed by atoms with Crippen molar-refractivity contribution in [3.63, 3.8) is 0 Å². The smallest absolute Gasteiger partial charge is 0.251 e. The first-order valence-corrected chi connectivity index (χ1v) is 7.66. The predicted molar refractivity (Wildman–Crippen MR) is 85.5 cm³/mol. The van der Waals surface area contributed by atoms with E-state index in [2.05, 4.69) is 10.2 Å². The Morgan fingerprint density at radius 1 is 1.38 bits per heavy atom. The molecule has 0 bridgehead atoms. The third-order valence-corrected chi connectivity index (χ3v) is 4.19. The number of carbonyl (C=O) groups excluding carboxylic acids is 1. The fraction of sp³-hybridized carbons (Fsp3) is 0.562. The van der Waals surface area contributed by atoms with Crippen LogP contribution in [-0.4, -0.2) is 37.3 Å². The first-order valence-electron chi connectivity index (χ1n) is 7.66. The number of nitrogens with one attached hydrogen (secondary N) is 1. The SMILES string of the molecule is CNC(=O)c1ccc(N)c(N(CCO)C2CCCCC2)c1. The van der Waals surface area contributed by atoms with Crippen molar-refractivity contribution in [2.75, 3.05) is 30.8 Å². The highest BCUT2D eigenvalue weighted by Gasteiger charge is 2.23. The summed E-state index contributed by atoms with van der Waals surface area (Å²) in [7, 11) is 1.62. The normalized spacial score (nSPS) is 15.7. The number of carbonyl (C=O) groups is 1. The summed E-state index contributed by atoms with van der Waals surface area (Å²) in [6, 6.07) is 5.73. The minimum atomic E-state index is -0.121. The zero-order valence-electron chi connectivity index (χ0n) is 12.6. The van der Waals surface area contributed by atoms with Crippen molar-refractivity contribution < 1.29 is 9.90 Å². The number of nitrogens with two attached hydrogens (primary N) is 1. The van der Waals surface area contributed by atoms with E-state index in [0.29, 0.717) is 23.8 Å². The van der Waals surface area contributed by atoms with Gasteiger partial charge in [0.15, 0.2) is 0 Å². The van der Waals surface area contributed by atoms with E-state index in [1.54, 1.807) is 19.2 Å². The Hall–Kier alpha value is -1.75. The quantitative estimate of drug-likeness (QED) is 0.722. The molecular formula is C16H25N3O2. The zero-order chi connectivity index (χ0) is 15.2. The molecule has 1 saturated carbocycles. The molecule has 1 aromatic rings. The number of rotatable bonds is 5. The van der Waals surface area contributed by atoms with Crippen molar-refractivity contribution in [1.82, 2.24) is 5.32 Å². The number of nitrogen functional groups attached to an aromatic ring is 1. The molecule has 116 valence electrons. The van der Waals surface area contributed by atoms with Crippen molar-refractivity contribution in [2.45, 2.75) is 38.1 Å². The van der Waals surface area contributed by atoms with Crippen LogP contribution >= 0.6 is 0 Å². The highest BCUT2D eigenvalue weighted by atomic mass is 16.3. The second-order valence-electron chi connectivity index (χ2n) is 5.56. The molecule has 1 aromatic carbocycles. The van der Waals surface area contributed by atoms with Crippen LogP contribution < -0.4 is 16.0 Å². The molecule has 0 heterocycles. The van der Waals surface area contributed by atoms with Gasteiger partial charge in [-0.15, -0.1) is 0 Å². The van der Waals surface area contributed by atoms with Crippen LogP contribution in [0.2, 0.25) is 0 Å². The van der Waals surface area contributed by atoms with Crippen LogP contribution in [0, 0.1) is 0 Å². The van der Waals surface area contributed by atoms with Crippen LogP contribution in [0.25, 0.3) is 0 Å². The van der Waals surface area contributed by atoms with Gasteiger partial charge in [-0.1, -0.05) is 19.3 Å². The van der Waals surface area contributed by atoms with E-state index >= 15 is 0 Å². The van der Waals surface area contributed by atoms with Gasteiger partial charge in [-0.25, -0.2) is 0 Å². The number of nitrogens with zero attached hydrogens (tertiary/aromatic N) is 1. The van der Waals surface area contributed by atoms with Crippen LogP contribution in [0.5, 0.6) is 0 Å². The first kappa shape index (κ1) is 15.6. The predicted octanol–water partition coefficient (Wildman–Crippen LogP) is 1.76. The van der Waals surface area contributed by atoms with Gasteiger partial charge < -0.3 is 21.1 Å². The minimum absolute atomic E-state index is 0.0835. The summed E-state index contributed by atoms with van der Waals surface area (Å²) in [6.45, 7) is 0.631. The Labute approximate surface area is 126 Å². The maximum Gasteiger partial charge on any atom is 0.251 e. The van der Waals surface area contributed by atoms with Crippen LogP contribution in [-0.2, 0) is 0 Å². The minimum Gasteiger partial charge on any atom is -0.397 e. The molecule has 1 amide bonds. The number of benzene rings is 1. The Morgan fingerprint density at radius 3 is 2.71 bits per heavy atom. The van der Waals surface area contributed by atoms with Gasteiger partial charge in [-0.2, -0.15) is 0 Å². The molecule has 1 aliphatic rings. The van der Waals surface area contributed by atoms with E-state index in [1.165, 1.54) is 19.3 Å². The van der Waals surface area contributed by atoms with Crippen LogP contribution in [0.1, 0.15) is 42.5 Å². The molecule has 0 aliphatic heterocycles. The summed E-state index contributed by atoms with van der Waals surface area (Å²) in [6.07, 6.45) is 5.92. The summed E-state index contributed by atoms with van der Waals surface area (Å²) < 4.78 is 0. The molecule has 0 aromatic heterocycles. The Morgan fingerprint density at radius 2 is 2.10 bits per heavy atom. The van der Waals surface area contributed by atoms with Gasteiger partial charge in [0.1, 0.15) is 0 Å². The van der Waals surface area contributed by atoms with Crippen LogP contribution in [0.4, 0.5) is 11.4 Å². The molecule has 0 unspecified atom stereocenters. The third-order valence-electron chi connectivity index (χ3n) is 4.19. The van der Waals surface area contributed by atoms with E-state index in [-0.39, 0.29) is 12.5 Å². The molecule has 0 atom stereocenters. The van der Waals surface area contributed by atoms with Crippen molar-refractivity contribution in [1.29, 1.82) is 0 Å². The highest BCUT2D eigenvalue weighted by molar-refractivity contribution is 5.96. The van der Waals surface area contributed by atoms with Gasteiger partial charge >= 0.3 is 0 Å². The Kier molecular flexibility index (Phi) is 5.44. The summed E-state index contributed by atoms with van der Waals surface area (Å²) in [5.74, 6) is -0.121. The van der Waals surface area contributed by atoms with E-state index in [9.17, 15) is 9.90 Å². The average molecular weight is 291 g/mol. The maximum absolute atomic E-state index is 11.8. The van der Waals surface area contributed by atoms with E-state index < -0.39 is 0 Å². The van der Waals surface area contributed by atoms with E-state index in [4.69, 9.17) is 5.73 Å². The monoisotopic (exact) mass is 291 g/mol. The maximum atomic E-state index is 11.8. The van der Waals surface area contributed by atoms with Gasteiger partial charge in [0.2, 0.25) is 0 Å². The second-order valence-corrected chi connectivity index (χ2v) is 5.56. The van der Waals surface area contributed by atoms with Gasteiger partial charge in [0.25, 0.3) is 5.91 Å². The number of aliphatic hydroxyl groups is 1. The summed E-state index contributed by atoms with van der Waals surface area (Å²) in [5, 5.41) is 12.0. The van der Waals surface area contributed by atoms with Gasteiger partial charge in [-0.3, -0.25) is 4.79 Å². The largest absolute Gasteiger partial charge is 0.397 e. The molecule has 5 heteroatoms. The molecule has 1 fully saturated rings. The molecule has 21 heavy (non-hydrogen) atoms. The molecule has 1 aliphatic carbocycles. The number of anilines is 2. The van der Waals surface area contributed by atoms with Crippen LogP contribution in [0.3, 0.4) is 0 Å². The second kappa shape index (κ2) is 7.31. The van der Waals surface area contributed by atoms with Crippen molar-refractivity contribution in [3.05, 3.63) is 23.8 Å². The number of hydrogen-bond donors (Lipinski definition) is 3. The number of amides is 1. The van der Waals surface area contributed by atoms with Crippen molar-refractivity contribution >= 4 is 17.3 Å².